The van der Waals surface area contributed by atoms with E-state index in [2.05, 4.69) is 132 Å². The molecule has 0 radical (unpaired) electrons. The van der Waals surface area contributed by atoms with E-state index in [0.717, 1.165) is 45.2 Å². The van der Waals surface area contributed by atoms with Crippen molar-refractivity contribution in [3.63, 3.8) is 0 Å². The van der Waals surface area contributed by atoms with Gasteiger partial charge in [-0.15, -0.1) is 0 Å². The molecule has 0 spiro atoms. The fraction of sp³-hybridized carbons (Fsp3) is 0. The molecule has 0 bridgehead atoms. The first-order valence-electron chi connectivity index (χ1n) is 14.5. The molecule has 0 saturated carbocycles. The first kappa shape index (κ1) is 25.0. The zero-order valence-electron chi connectivity index (χ0n) is 23.4. The molecule has 202 valence electrons. The molecule has 43 heavy (non-hydrogen) atoms. The lowest BCUT2D eigenvalue weighted by Gasteiger charge is -2.11. The van der Waals surface area contributed by atoms with Crippen molar-refractivity contribution >= 4 is 21.8 Å². The Hall–Kier alpha value is -5.80. The van der Waals surface area contributed by atoms with Crippen molar-refractivity contribution in [2.24, 2.45) is 0 Å². The Morgan fingerprint density at radius 2 is 0.767 bits per heavy atom. The van der Waals surface area contributed by atoms with Crippen molar-refractivity contribution in [3.8, 4) is 50.7 Å². The number of nitrogens with zero attached hydrogens (tertiary/aromatic N) is 3. The van der Waals surface area contributed by atoms with E-state index in [-0.39, 0.29) is 0 Å². The van der Waals surface area contributed by atoms with Crippen molar-refractivity contribution in [1.29, 1.82) is 0 Å². The van der Waals surface area contributed by atoms with E-state index in [0.29, 0.717) is 0 Å². The molecule has 3 nitrogen and oxygen atoms in total. The van der Waals surface area contributed by atoms with E-state index in [9.17, 15) is 0 Å². The smallest absolute Gasteiger partial charge is 0.160 e. The lowest BCUT2D eigenvalue weighted by Crippen LogP contribution is -1.96. The Kier molecular flexibility index (Phi) is 6.12. The lowest BCUT2D eigenvalue weighted by atomic mass is 10.0. The zero-order chi connectivity index (χ0) is 28.6. The van der Waals surface area contributed by atoms with Crippen LogP contribution >= 0.6 is 0 Å². The number of fused-ring (bicyclic) bond motifs is 3. The van der Waals surface area contributed by atoms with Crippen LogP contribution in [0.5, 0.6) is 0 Å². The Bertz CT molecular complexity index is 2090. The van der Waals surface area contributed by atoms with Gasteiger partial charge in [0.2, 0.25) is 0 Å². The van der Waals surface area contributed by atoms with Crippen LogP contribution in [0.4, 0.5) is 0 Å². The van der Waals surface area contributed by atoms with Crippen LogP contribution in [-0.2, 0) is 0 Å². The summed E-state index contributed by atoms with van der Waals surface area (Å²) < 4.78 is 2.35. The summed E-state index contributed by atoms with van der Waals surface area (Å²) in [5.41, 5.74) is 10.9. The van der Waals surface area contributed by atoms with Gasteiger partial charge in [-0.3, -0.25) is 0 Å². The van der Waals surface area contributed by atoms with Gasteiger partial charge in [0.1, 0.15) is 0 Å². The number of hydrogen-bond donors (Lipinski definition) is 0. The molecule has 8 rings (SSSR count). The van der Waals surface area contributed by atoms with Gasteiger partial charge in [-0.05, 0) is 41.5 Å². The lowest BCUT2D eigenvalue weighted by molar-refractivity contribution is 1.18. The summed E-state index contributed by atoms with van der Waals surface area (Å²) >= 11 is 0. The fourth-order valence-corrected chi connectivity index (χ4v) is 5.91. The summed E-state index contributed by atoms with van der Waals surface area (Å²) in [4.78, 5) is 9.90. The third-order valence-electron chi connectivity index (χ3n) is 8.05. The number of hydrogen-bond acceptors (Lipinski definition) is 2. The average molecular weight is 550 g/mol. The van der Waals surface area contributed by atoms with Crippen LogP contribution in [0.3, 0.4) is 0 Å². The molecular formula is C40H27N3. The van der Waals surface area contributed by atoms with Gasteiger partial charge in [-0.2, -0.15) is 0 Å². The van der Waals surface area contributed by atoms with E-state index >= 15 is 0 Å². The Balaban J connectivity index is 1.15. The molecule has 0 unspecified atom stereocenters. The predicted octanol–water partition coefficient (Wildman–Crippen LogP) is 10.2. The number of benzene rings is 6. The molecule has 0 aliphatic rings. The van der Waals surface area contributed by atoms with E-state index in [4.69, 9.17) is 9.97 Å². The minimum absolute atomic E-state index is 0.724. The summed E-state index contributed by atoms with van der Waals surface area (Å²) in [6, 6.07) is 57.3. The van der Waals surface area contributed by atoms with Crippen LogP contribution < -0.4 is 0 Å². The molecule has 0 fully saturated rings. The normalized spacial score (nSPS) is 11.3. The minimum Gasteiger partial charge on any atom is -0.309 e. The molecule has 0 N–H and O–H groups in total. The minimum atomic E-state index is 0.724. The second kappa shape index (κ2) is 10.6. The topological polar surface area (TPSA) is 30.7 Å². The largest absolute Gasteiger partial charge is 0.309 e. The quantitative estimate of drug-likeness (QED) is 0.214. The van der Waals surface area contributed by atoms with Crippen molar-refractivity contribution in [2.45, 2.75) is 0 Å². The SMILES string of the molecule is c1ccc(-c2cc(-c3ccc(-c4ccc(-n5c6ccccc6c6ccccc65)cc4)cc3)nc(-c3ccccc3)n2)cc1. The molecule has 3 heteroatoms. The number of aromatic nitrogens is 3. The van der Waals surface area contributed by atoms with Gasteiger partial charge in [0.25, 0.3) is 0 Å². The summed E-state index contributed by atoms with van der Waals surface area (Å²) in [7, 11) is 0. The van der Waals surface area contributed by atoms with E-state index < -0.39 is 0 Å². The first-order chi connectivity index (χ1) is 21.3. The van der Waals surface area contributed by atoms with Crippen LogP contribution in [0.15, 0.2) is 164 Å². The van der Waals surface area contributed by atoms with Gasteiger partial charge >= 0.3 is 0 Å². The molecule has 0 aliphatic heterocycles. The van der Waals surface area contributed by atoms with Gasteiger partial charge < -0.3 is 4.57 Å². The van der Waals surface area contributed by atoms with Gasteiger partial charge in [0.05, 0.1) is 22.4 Å². The van der Waals surface area contributed by atoms with E-state index in [1.807, 2.05) is 36.4 Å². The van der Waals surface area contributed by atoms with Gasteiger partial charge in [-0.1, -0.05) is 133 Å². The van der Waals surface area contributed by atoms with Crippen molar-refractivity contribution in [3.05, 3.63) is 164 Å². The summed E-state index contributed by atoms with van der Waals surface area (Å²) in [5, 5.41) is 2.54. The summed E-state index contributed by atoms with van der Waals surface area (Å²) in [5.74, 6) is 0.724. The van der Waals surface area contributed by atoms with Crippen molar-refractivity contribution in [1.82, 2.24) is 14.5 Å². The van der Waals surface area contributed by atoms with Gasteiger partial charge in [-0.25, -0.2) is 9.97 Å². The maximum atomic E-state index is 4.98. The van der Waals surface area contributed by atoms with E-state index in [1.165, 1.54) is 27.4 Å². The molecule has 2 heterocycles. The molecule has 0 amide bonds. The average Bonchev–Trinajstić information content (AvgIpc) is 3.43. The van der Waals surface area contributed by atoms with Crippen LogP contribution in [0.25, 0.3) is 72.5 Å². The maximum absolute atomic E-state index is 4.98. The second-order valence-electron chi connectivity index (χ2n) is 10.7. The monoisotopic (exact) mass is 549 g/mol. The first-order valence-corrected chi connectivity index (χ1v) is 14.5. The molecule has 0 saturated heterocycles. The predicted molar refractivity (Wildman–Crippen MR) is 178 cm³/mol. The Labute approximate surface area is 250 Å². The third kappa shape index (κ3) is 4.58. The highest BCUT2D eigenvalue weighted by Gasteiger charge is 2.13. The highest BCUT2D eigenvalue weighted by Crippen LogP contribution is 2.33. The second-order valence-corrected chi connectivity index (χ2v) is 10.7. The molecule has 0 atom stereocenters. The zero-order valence-corrected chi connectivity index (χ0v) is 23.4. The Morgan fingerprint density at radius 3 is 1.33 bits per heavy atom. The van der Waals surface area contributed by atoms with Crippen molar-refractivity contribution < 1.29 is 0 Å². The molecular weight excluding hydrogens is 522 g/mol. The van der Waals surface area contributed by atoms with Crippen molar-refractivity contribution in [2.75, 3.05) is 0 Å². The molecule has 6 aromatic carbocycles. The molecule has 0 aliphatic carbocycles. The fourth-order valence-electron chi connectivity index (χ4n) is 5.91. The van der Waals surface area contributed by atoms with Crippen LogP contribution in [0, 0.1) is 0 Å². The van der Waals surface area contributed by atoms with Gasteiger partial charge in [0.15, 0.2) is 5.82 Å². The van der Waals surface area contributed by atoms with Crippen LogP contribution in [0.1, 0.15) is 0 Å². The summed E-state index contributed by atoms with van der Waals surface area (Å²) in [6.45, 7) is 0. The molecule has 8 aromatic rings. The van der Waals surface area contributed by atoms with Crippen LogP contribution in [-0.4, -0.2) is 14.5 Å². The molecule has 2 aromatic heterocycles. The van der Waals surface area contributed by atoms with E-state index in [1.54, 1.807) is 0 Å². The summed E-state index contributed by atoms with van der Waals surface area (Å²) in [6.07, 6.45) is 0. The maximum Gasteiger partial charge on any atom is 0.160 e. The highest BCUT2D eigenvalue weighted by molar-refractivity contribution is 6.09. The number of para-hydroxylation sites is 2. The van der Waals surface area contributed by atoms with Crippen LogP contribution in [0.2, 0.25) is 0 Å². The van der Waals surface area contributed by atoms with Gasteiger partial charge in [0, 0.05) is 33.2 Å². The third-order valence-corrected chi connectivity index (χ3v) is 8.05. The number of rotatable bonds is 5. The highest BCUT2D eigenvalue weighted by atomic mass is 15.0. The Morgan fingerprint density at radius 1 is 0.349 bits per heavy atom. The standard InChI is InChI=1S/C40H27N3/c1-3-11-30(12-4-1)36-27-37(42-40(41-36)32-13-5-2-6-14-32)31-21-19-28(20-22-31)29-23-25-33(26-24-29)43-38-17-9-7-15-34(38)35-16-8-10-18-39(35)43/h1-27H.